The van der Waals surface area contributed by atoms with Crippen LogP contribution in [0.4, 0.5) is 16.2 Å². The van der Waals surface area contributed by atoms with Crippen molar-refractivity contribution in [1.29, 1.82) is 0 Å². The van der Waals surface area contributed by atoms with E-state index in [0.717, 1.165) is 0 Å². The van der Waals surface area contributed by atoms with Gasteiger partial charge in [0.2, 0.25) is 0 Å². The Morgan fingerprint density at radius 1 is 0.636 bits per heavy atom. The Bertz CT molecular complexity index is 646. The number of carbonyl (C=O) groups is 3. The molecule has 0 spiro atoms. The molecule has 2 aromatic carbocycles. The number of carboxylic acid groups (broad SMARTS) is 2. The molecule has 0 unspecified atom stereocenters. The van der Waals surface area contributed by atoms with Crippen LogP contribution >= 0.6 is 0 Å². The lowest BCUT2D eigenvalue weighted by atomic mass is 10.2. The van der Waals surface area contributed by atoms with E-state index in [1.807, 2.05) is 0 Å². The molecule has 0 atom stereocenters. The van der Waals surface area contributed by atoms with Crippen LogP contribution in [0.1, 0.15) is 20.7 Å². The molecule has 0 fully saturated rings. The van der Waals surface area contributed by atoms with Gasteiger partial charge in [0, 0.05) is 11.4 Å². The third kappa shape index (κ3) is 3.83. The fraction of sp³-hybridized carbons (Fsp3) is 0. The van der Waals surface area contributed by atoms with Crippen LogP contribution in [0.5, 0.6) is 0 Å². The second-order valence-electron chi connectivity index (χ2n) is 4.34. The number of urea groups is 1. The van der Waals surface area contributed by atoms with Crippen molar-refractivity contribution < 1.29 is 24.6 Å². The number of anilines is 2. The number of carbonyl (C=O) groups excluding carboxylic acids is 1. The molecule has 22 heavy (non-hydrogen) atoms. The molecular formula is C15H12N2O5. The zero-order valence-electron chi connectivity index (χ0n) is 11.2. The van der Waals surface area contributed by atoms with E-state index in [1.165, 1.54) is 48.5 Å². The van der Waals surface area contributed by atoms with Crippen LogP contribution in [0.15, 0.2) is 48.5 Å². The standard InChI is InChI=1S/C15H12N2O5/c18-13(19)9-1-5-11(6-2-9)16-15(22)17-12-7-3-10(4-8-12)14(20)21/h1-8H,(H,18,19)(H,20,21)(H2,16,17,22). The first-order chi connectivity index (χ1) is 10.5. The number of rotatable bonds is 4. The molecule has 0 aliphatic carbocycles. The van der Waals surface area contributed by atoms with Gasteiger partial charge >= 0.3 is 18.0 Å². The van der Waals surface area contributed by atoms with Gasteiger partial charge in [-0.3, -0.25) is 0 Å². The summed E-state index contributed by atoms with van der Waals surface area (Å²) in [5.74, 6) is -2.09. The van der Waals surface area contributed by atoms with Crippen molar-refractivity contribution in [2.75, 3.05) is 10.6 Å². The average Bonchev–Trinajstić information content (AvgIpc) is 2.48. The molecule has 2 rings (SSSR count). The lowest BCUT2D eigenvalue weighted by molar-refractivity contribution is 0.0686. The average molecular weight is 300 g/mol. The van der Waals surface area contributed by atoms with Crippen molar-refractivity contribution in [3.05, 3.63) is 59.7 Å². The molecule has 0 saturated carbocycles. The van der Waals surface area contributed by atoms with Gasteiger partial charge in [-0.05, 0) is 48.5 Å². The smallest absolute Gasteiger partial charge is 0.335 e. The Morgan fingerprint density at radius 3 is 1.23 bits per heavy atom. The molecule has 112 valence electrons. The van der Waals surface area contributed by atoms with Gasteiger partial charge in [0.25, 0.3) is 0 Å². The molecule has 0 saturated heterocycles. The molecule has 2 aromatic rings. The number of benzene rings is 2. The van der Waals surface area contributed by atoms with E-state index in [0.29, 0.717) is 11.4 Å². The first-order valence-corrected chi connectivity index (χ1v) is 6.20. The van der Waals surface area contributed by atoms with Crippen LogP contribution in [-0.2, 0) is 0 Å². The molecule has 7 nitrogen and oxygen atoms in total. The van der Waals surface area contributed by atoms with Gasteiger partial charge in [-0.2, -0.15) is 0 Å². The highest BCUT2D eigenvalue weighted by atomic mass is 16.4. The third-order valence-corrected chi connectivity index (χ3v) is 2.78. The summed E-state index contributed by atoms with van der Waals surface area (Å²) in [5, 5.41) is 22.6. The maximum absolute atomic E-state index is 11.8. The predicted molar refractivity (Wildman–Crippen MR) is 79.4 cm³/mol. The molecule has 0 heterocycles. The Hall–Kier alpha value is -3.35. The zero-order chi connectivity index (χ0) is 16.1. The number of amides is 2. The minimum Gasteiger partial charge on any atom is -0.478 e. The van der Waals surface area contributed by atoms with E-state index >= 15 is 0 Å². The number of hydrogen-bond acceptors (Lipinski definition) is 3. The summed E-state index contributed by atoms with van der Waals surface area (Å²) in [6.07, 6.45) is 0. The predicted octanol–water partition coefficient (Wildman–Crippen LogP) is 2.73. The molecule has 0 aliphatic heterocycles. The summed E-state index contributed by atoms with van der Waals surface area (Å²) >= 11 is 0. The van der Waals surface area contributed by atoms with Crippen LogP contribution < -0.4 is 10.6 Å². The molecule has 0 radical (unpaired) electrons. The maximum Gasteiger partial charge on any atom is 0.335 e. The monoisotopic (exact) mass is 300 g/mol. The number of hydrogen-bond donors (Lipinski definition) is 4. The minimum atomic E-state index is -1.05. The number of nitrogens with one attached hydrogen (secondary N) is 2. The molecule has 0 aliphatic rings. The SMILES string of the molecule is O=C(Nc1ccc(C(=O)O)cc1)Nc1ccc(C(=O)O)cc1. The highest BCUT2D eigenvalue weighted by Crippen LogP contribution is 2.12. The lowest BCUT2D eigenvalue weighted by Crippen LogP contribution is -2.19. The van der Waals surface area contributed by atoms with Crippen LogP contribution in [0.3, 0.4) is 0 Å². The van der Waals surface area contributed by atoms with Crippen molar-refractivity contribution in [3.63, 3.8) is 0 Å². The van der Waals surface area contributed by atoms with Crippen LogP contribution in [0, 0.1) is 0 Å². The molecule has 2 amide bonds. The number of aromatic carboxylic acids is 2. The van der Waals surface area contributed by atoms with Gasteiger partial charge in [-0.15, -0.1) is 0 Å². The van der Waals surface area contributed by atoms with E-state index in [-0.39, 0.29) is 11.1 Å². The van der Waals surface area contributed by atoms with Gasteiger partial charge in [-0.25, -0.2) is 14.4 Å². The second-order valence-corrected chi connectivity index (χ2v) is 4.34. The van der Waals surface area contributed by atoms with E-state index in [9.17, 15) is 14.4 Å². The highest BCUT2D eigenvalue weighted by Gasteiger charge is 2.06. The Kier molecular flexibility index (Phi) is 4.38. The van der Waals surface area contributed by atoms with E-state index < -0.39 is 18.0 Å². The van der Waals surface area contributed by atoms with Crippen LogP contribution in [0.25, 0.3) is 0 Å². The lowest BCUT2D eigenvalue weighted by Gasteiger charge is -2.08. The molecular weight excluding hydrogens is 288 g/mol. The van der Waals surface area contributed by atoms with Gasteiger partial charge in [0.15, 0.2) is 0 Å². The van der Waals surface area contributed by atoms with Gasteiger partial charge in [0.05, 0.1) is 11.1 Å². The maximum atomic E-state index is 11.8. The Balaban J connectivity index is 1.97. The summed E-state index contributed by atoms with van der Waals surface area (Å²) in [6.45, 7) is 0. The van der Waals surface area contributed by atoms with E-state index in [2.05, 4.69) is 10.6 Å². The fourth-order valence-electron chi connectivity index (χ4n) is 1.69. The summed E-state index contributed by atoms with van der Waals surface area (Å²) in [7, 11) is 0. The third-order valence-electron chi connectivity index (χ3n) is 2.78. The summed E-state index contributed by atoms with van der Waals surface area (Å²) in [6, 6.07) is 10.9. The van der Waals surface area contributed by atoms with E-state index in [4.69, 9.17) is 10.2 Å². The zero-order valence-corrected chi connectivity index (χ0v) is 11.2. The molecule has 4 N–H and O–H groups in total. The summed E-state index contributed by atoms with van der Waals surface area (Å²) in [4.78, 5) is 33.2. The first-order valence-electron chi connectivity index (χ1n) is 6.20. The second kappa shape index (κ2) is 6.40. The van der Waals surface area contributed by atoms with Crippen molar-refractivity contribution in [3.8, 4) is 0 Å². The first kappa shape index (κ1) is 15.0. The van der Waals surface area contributed by atoms with Crippen LogP contribution in [0.2, 0.25) is 0 Å². The van der Waals surface area contributed by atoms with Gasteiger partial charge in [-0.1, -0.05) is 0 Å². The Labute approximate surface area is 125 Å². The normalized spacial score (nSPS) is 9.82. The minimum absolute atomic E-state index is 0.121. The topological polar surface area (TPSA) is 116 Å². The largest absolute Gasteiger partial charge is 0.478 e. The van der Waals surface area contributed by atoms with Crippen LogP contribution in [-0.4, -0.2) is 28.2 Å². The van der Waals surface area contributed by atoms with Crippen molar-refractivity contribution in [1.82, 2.24) is 0 Å². The van der Waals surface area contributed by atoms with Crippen molar-refractivity contribution in [2.24, 2.45) is 0 Å². The molecule has 0 aromatic heterocycles. The van der Waals surface area contributed by atoms with Gasteiger partial charge < -0.3 is 20.8 Å². The molecule has 7 heteroatoms. The number of carboxylic acids is 2. The fourth-order valence-corrected chi connectivity index (χ4v) is 1.69. The summed E-state index contributed by atoms with van der Waals surface area (Å²) in [5.41, 5.74) is 1.11. The summed E-state index contributed by atoms with van der Waals surface area (Å²) < 4.78 is 0. The van der Waals surface area contributed by atoms with Gasteiger partial charge in [0.1, 0.15) is 0 Å². The van der Waals surface area contributed by atoms with Crippen molar-refractivity contribution in [2.45, 2.75) is 0 Å². The van der Waals surface area contributed by atoms with E-state index in [1.54, 1.807) is 0 Å². The highest BCUT2D eigenvalue weighted by molar-refractivity contribution is 6.00. The quantitative estimate of drug-likeness (QED) is 0.693. The Morgan fingerprint density at radius 2 is 0.955 bits per heavy atom. The molecule has 0 bridgehead atoms. The van der Waals surface area contributed by atoms with Crippen molar-refractivity contribution >= 4 is 29.3 Å².